The van der Waals surface area contributed by atoms with Crippen molar-refractivity contribution in [3.8, 4) is 11.1 Å². The number of nitrogens with zero attached hydrogens (tertiary/aromatic N) is 1. The van der Waals surface area contributed by atoms with Crippen molar-refractivity contribution in [3.05, 3.63) is 54.1 Å². The average molecular weight is 266 g/mol. The molecule has 0 atom stereocenters. The number of pyridine rings is 1. The maximum atomic E-state index is 13.5. The van der Waals surface area contributed by atoms with E-state index in [2.05, 4.69) is 20.9 Å². The van der Waals surface area contributed by atoms with E-state index >= 15 is 0 Å². The van der Waals surface area contributed by atoms with Crippen molar-refractivity contribution in [1.29, 1.82) is 0 Å². The zero-order chi connectivity index (χ0) is 10.7. The van der Waals surface area contributed by atoms with Gasteiger partial charge in [0.05, 0.1) is 5.69 Å². The van der Waals surface area contributed by atoms with Crippen molar-refractivity contribution in [2.45, 2.75) is 5.33 Å². The largest absolute Gasteiger partial charge is 0.260 e. The lowest BCUT2D eigenvalue weighted by molar-refractivity contribution is 0.631. The van der Waals surface area contributed by atoms with Crippen molar-refractivity contribution in [3.63, 3.8) is 0 Å². The highest BCUT2D eigenvalue weighted by Crippen LogP contribution is 2.22. The van der Waals surface area contributed by atoms with Crippen LogP contribution in [0.15, 0.2) is 42.6 Å². The predicted octanol–water partition coefficient (Wildman–Crippen LogP) is 3.78. The van der Waals surface area contributed by atoms with Gasteiger partial charge in [-0.3, -0.25) is 4.98 Å². The average Bonchev–Trinajstić information content (AvgIpc) is 2.30. The van der Waals surface area contributed by atoms with Crippen LogP contribution in [0.1, 0.15) is 5.69 Å². The zero-order valence-corrected chi connectivity index (χ0v) is 9.54. The Kier molecular flexibility index (Phi) is 3.11. The molecule has 0 aliphatic carbocycles. The monoisotopic (exact) mass is 265 g/mol. The second-order valence-electron chi connectivity index (χ2n) is 3.15. The van der Waals surface area contributed by atoms with Crippen LogP contribution in [0.25, 0.3) is 11.1 Å². The molecule has 0 saturated carbocycles. The van der Waals surface area contributed by atoms with Crippen molar-refractivity contribution >= 4 is 15.9 Å². The van der Waals surface area contributed by atoms with Gasteiger partial charge in [-0.1, -0.05) is 34.1 Å². The molecule has 0 radical (unpaired) electrons. The summed E-state index contributed by atoms with van der Waals surface area (Å²) in [6.07, 6.45) is 1.69. The molecule has 0 spiro atoms. The molecular formula is C12H9BrFN. The van der Waals surface area contributed by atoms with E-state index in [1.807, 2.05) is 18.2 Å². The molecule has 0 aliphatic heterocycles. The third-order valence-corrected chi connectivity index (χ3v) is 2.71. The summed E-state index contributed by atoms with van der Waals surface area (Å²) in [6, 6.07) is 10.4. The second kappa shape index (κ2) is 4.53. The van der Waals surface area contributed by atoms with Gasteiger partial charge in [0.25, 0.3) is 0 Å². The fourth-order valence-corrected chi connectivity index (χ4v) is 1.72. The first-order valence-electron chi connectivity index (χ1n) is 4.57. The minimum absolute atomic E-state index is 0.204. The standard InChI is InChI=1S/C12H9BrFN/c13-8-10-7-9(5-6-15-10)11-3-1-2-4-12(11)14/h1-7H,8H2. The number of aromatic nitrogens is 1. The minimum atomic E-state index is -0.204. The Balaban J connectivity index is 2.49. The summed E-state index contributed by atoms with van der Waals surface area (Å²) in [5.74, 6) is -0.204. The van der Waals surface area contributed by atoms with E-state index in [1.165, 1.54) is 6.07 Å². The molecular weight excluding hydrogens is 257 g/mol. The summed E-state index contributed by atoms with van der Waals surface area (Å²) in [5.41, 5.74) is 2.37. The molecule has 76 valence electrons. The van der Waals surface area contributed by atoms with E-state index < -0.39 is 0 Å². The van der Waals surface area contributed by atoms with Crippen LogP contribution in [0, 0.1) is 5.82 Å². The summed E-state index contributed by atoms with van der Waals surface area (Å²) < 4.78 is 13.5. The van der Waals surface area contributed by atoms with Gasteiger partial charge in [0.1, 0.15) is 5.82 Å². The van der Waals surface area contributed by atoms with Crippen molar-refractivity contribution in [1.82, 2.24) is 4.98 Å². The van der Waals surface area contributed by atoms with Gasteiger partial charge >= 0.3 is 0 Å². The van der Waals surface area contributed by atoms with Crippen molar-refractivity contribution < 1.29 is 4.39 Å². The molecule has 0 N–H and O–H groups in total. The number of alkyl halides is 1. The van der Waals surface area contributed by atoms with Crippen LogP contribution in [-0.2, 0) is 5.33 Å². The highest BCUT2D eigenvalue weighted by atomic mass is 79.9. The number of hydrogen-bond acceptors (Lipinski definition) is 1. The highest BCUT2D eigenvalue weighted by molar-refractivity contribution is 9.08. The first-order chi connectivity index (χ1) is 7.31. The molecule has 0 amide bonds. The van der Waals surface area contributed by atoms with E-state index in [9.17, 15) is 4.39 Å². The van der Waals surface area contributed by atoms with Crippen LogP contribution in [-0.4, -0.2) is 4.98 Å². The zero-order valence-electron chi connectivity index (χ0n) is 7.95. The summed E-state index contributed by atoms with van der Waals surface area (Å²) in [5, 5.41) is 0.676. The number of hydrogen-bond donors (Lipinski definition) is 0. The Bertz CT molecular complexity index is 471. The van der Waals surface area contributed by atoms with Crippen LogP contribution in [0.3, 0.4) is 0 Å². The van der Waals surface area contributed by atoms with Gasteiger partial charge in [-0.2, -0.15) is 0 Å². The predicted molar refractivity (Wildman–Crippen MR) is 62.3 cm³/mol. The molecule has 1 aromatic carbocycles. The highest BCUT2D eigenvalue weighted by Gasteiger charge is 2.04. The topological polar surface area (TPSA) is 12.9 Å². The summed E-state index contributed by atoms with van der Waals surface area (Å²) in [7, 11) is 0. The Hall–Kier alpha value is -1.22. The third kappa shape index (κ3) is 2.23. The maximum Gasteiger partial charge on any atom is 0.131 e. The van der Waals surface area contributed by atoms with Gasteiger partial charge in [0.2, 0.25) is 0 Å². The molecule has 1 heterocycles. The number of benzene rings is 1. The lowest BCUT2D eigenvalue weighted by Crippen LogP contribution is -1.88. The molecule has 2 aromatic rings. The van der Waals surface area contributed by atoms with E-state index in [1.54, 1.807) is 18.3 Å². The van der Waals surface area contributed by atoms with Gasteiger partial charge in [-0.05, 0) is 23.8 Å². The first-order valence-corrected chi connectivity index (χ1v) is 5.69. The van der Waals surface area contributed by atoms with Crippen LogP contribution in [0.5, 0.6) is 0 Å². The van der Waals surface area contributed by atoms with Crippen molar-refractivity contribution in [2.75, 3.05) is 0 Å². The molecule has 2 rings (SSSR count). The molecule has 1 aromatic heterocycles. The molecule has 1 nitrogen and oxygen atoms in total. The van der Waals surface area contributed by atoms with Crippen LogP contribution < -0.4 is 0 Å². The van der Waals surface area contributed by atoms with Crippen LogP contribution in [0.4, 0.5) is 4.39 Å². The minimum Gasteiger partial charge on any atom is -0.260 e. The van der Waals surface area contributed by atoms with E-state index in [0.29, 0.717) is 10.9 Å². The fraction of sp³-hybridized carbons (Fsp3) is 0.0833. The Morgan fingerprint density at radius 2 is 2.00 bits per heavy atom. The number of rotatable bonds is 2. The SMILES string of the molecule is Fc1ccccc1-c1ccnc(CBr)c1. The Morgan fingerprint density at radius 3 is 2.73 bits per heavy atom. The summed E-state index contributed by atoms with van der Waals surface area (Å²) >= 11 is 3.33. The molecule has 0 bridgehead atoms. The van der Waals surface area contributed by atoms with E-state index in [-0.39, 0.29) is 5.82 Å². The van der Waals surface area contributed by atoms with E-state index in [4.69, 9.17) is 0 Å². The fourth-order valence-electron chi connectivity index (χ4n) is 1.41. The summed E-state index contributed by atoms with van der Waals surface area (Å²) in [6.45, 7) is 0. The Labute approximate surface area is 96.1 Å². The van der Waals surface area contributed by atoms with Gasteiger partial charge in [-0.15, -0.1) is 0 Å². The molecule has 0 unspecified atom stereocenters. The third-order valence-electron chi connectivity index (χ3n) is 2.14. The smallest absolute Gasteiger partial charge is 0.131 e. The molecule has 15 heavy (non-hydrogen) atoms. The number of halogens is 2. The molecule has 3 heteroatoms. The molecule has 0 fully saturated rings. The van der Waals surface area contributed by atoms with Gasteiger partial charge in [-0.25, -0.2) is 4.39 Å². The van der Waals surface area contributed by atoms with Crippen LogP contribution in [0.2, 0.25) is 0 Å². The lowest BCUT2D eigenvalue weighted by Gasteiger charge is -2.03. The van der Waals surface area contributed by atoms with E-state index in [0.717, 1.165) is 11.3 Å². The molecule has 0 aliphatic rings. The Morgan fingerprint density at radius 1 is 1.20 bits per heavy atom. The lowest BCUT2D eigenvalue weighted by atomic mass is 10.1. The second-order valence-corrected chi connectivity index (χ2v) is 3.71. The summed E-state index contributed by atoms with van der Waals surface area (Å²) in [4.78, 5) is 4.14. The van der Waals surface area contributed by atoms with Gasteiger partial charge in [0, 0.05) is 17.1 Å². The maximum absolute atomic E-state index is 13.5. The molecule has 0 saturated heterocycles. The first kappa shape index (κ1) is 10.3. The van der Waals surface area contributed by atoms with Crippen LogP contribution >= 0.6 is 15.9 Å². The van der Waals surface area contributed by atoms with Gasteiger partial charge < -0.3 is 0 Å². The normalized spacial score (nSPS) is 10.3. The quantitative estimate of drug-likeness (QED) is 0.754. The van der Waals surface area contributed by atoms with Gasteiger partial charge in [0.15, 0.2) is 0 Å². The van der Waals surface area contributed by atoms with Crippen molar-refractivity contribution in [2.24, 2.45) is 0 Å².